The first-order valence-electron chi connectivity index (χ1n) is 6.83. The minimum Gasteiger partial charge on any atom is -0.335 e. The number of amides is 1. The molecule has 2 heterocycles. The molecule has 108 valence electrons. The van der Waals surface area contributed by atoms with Crippen molar-refractivity contribution in [3.05, 3.63) is 21.3 Å². The van der Waals surface area contributed by atoms with Gasteiger partial charge in [0.2, 0.25) is 0 Å². The van der Waals surface area contributed by atoms with E-state index in [0.29, 0.717) is 23.0 Å². The lowest BCUT2D eigenvalue weighted by Crippen LogP contribution is -2.51. The summed E-state index contributed by atoms with van der Waals surface area (Å²) in [6, 6.07) is 4.08. The first kappa shape index (κ1) is 15.3. The van der Waals surface area contributed by atoms with Crippen molar-refractivity contribution >= 4 is 28.8 Å². The van der Waals surface area contributed by atoms with Crippen LogP contribution in [-0.2, 0) is 0 Å². The van der Waals surface area contributed by atoms with Gasteiger partial charge in [0.1, 0.15) is 4.88 Å². The predicted molar refractivity (Wildman–Crippen MR) is 81.1 cm³/mol. The highest BCUT2D eigenvalue weighted by Crippen LogP contribution is 2.24. The Bertz CT molecular complexity index is 503. The molecule has 0 bridgehead atoms. The number of carbonyl (C=O) groups excluding carboxylic acids is 1. The maximum atomic E-state index is 12.3. The zero-order chi connectivity index (χ0) is 14.5. The summed E-state index contributed by atoms with van der Waals surface area (Å²) >= 11 is 7.39. The largest absolute Gasteiger partial charge is 0.335 e. The van der Waals surface area contributed by atoms with Crippen molar-refractivity contribution < 1.29 is 4.79 Å². The van der Waals surface area contributed by atoms with Gasteiger partial charge in [-0.3, -0.25) is 9.69 Å². The van der Waals surface area contributed by atoms with Crippen LogP contribution in [0.5, 0.6) is 0 Å². The van der Waals surface area contributed by atoms with Gasteiger partial charge in [-0.1, -0.05) is 24.9 Å². The molecule has 0 aromatic carbocycles. The summed E-state index contributed by atoms with van der Waals surface area (Å²) in [6.45, 7) is 4.92. The molecule has 1 aromatic rings. The van der Waals surface area contributed by atoms with E-state index < -0.39 is 0 Å². The Kier molecular flexibility index (Phi) is 5.41. The van der Waals surface area contributed by atoms with Crippen molar-refractivity contribution in [3.63, 3.8) is 0 Å². The Labute approximate surface area is 128 Å². The molecule has 6 heteroatoms. The second kappa shape index (κ2) is 7.07. The predicted octanol–water partition coefficient (Wildman–Crippen LogP) is 2.85. The van der Waals surface area contributed by atoms with Crippen LogP contribution in [0.25, 0.3) is 0 Å². The van der Waals surface area contributed by atoms with Gasteiger partial charge >= 0.3 is 0 Å². The highest BCUT2D eigenvalue weighted by Gasteiger charge is 2.27. The number of thiophene rings is 1. The maximum absolute atomic E-state index is 12.3. The molecule has 20 heavy (non-hydrogen) atoms. The summed E-state index contributed by atoms with van der Waals surface area (Å²) in [6.07, 6.45) is 1.89. The molecule has 1 aliphatic heterocycles. The second-order valence-corrected chi connectivity index (χ2v) is 6.18. The molecule has 1 unspecified atom stereocenters. The number of nitriles is 1. The zero-order valence-corrected chi connectivity index (χ0v) is 13.1. The van der Waals surface area contributed by atoms with Gasteiger partial charge in [-0.05, 0) is 17.9 Å². The van der Waals surface area contributed by atoms with Crippen molar-refractivity contribution in [2.75, 3.05) is 26.2 Å². The normalized spacial score (nSPS) is 17.8. The summed E-state index contributed by atoms with van der Waals surface area (Å²) in [5, 5.41) is 11.5. The Morgan fingerprint density at radius 3 is 2.70 bits per heavy atom. The van der Waals surface area contributed by atoms with Gasteiger partial charge in [-0.15, -0.1) is 11.3 Å². The van der Waals surface area contributed by atoms with E-state index in [9.17, 15) is 10.1 Å². The number of nitrogens with zero attached hydrogens (tertiary/aromatic N) is 3. The number of piperazine rings is 1. The monoisotopic (exact) mass is 311 g/mol. The first-order valence-corrected chi connectivity index (χ1v) is 8.09. The highest BCUT2D eigenvalue weighted by molar-refractivity contribution is 7.12. The van der Waals surface area contributed by atoms with Crippen LogP contribution in [-0.4, -0.2) is 47.9 Å². The third-order valence-corrected chi connectivity index (χ3v) is 4.89. The lowest BCUT2D eigenvalue weighted by molar-refractivity contribution is 0.0606. The molecule has 1 aromatic heterocycles. The lowest BCUT2D eigenvalue weighted by Gasteiger charge is -2.36. The summed E-state index contributed by atoms with van der Waals surface area (Å²) in [7, 11) is 0. The summed E-state index contributed by atoms with van der Waals surface area (Å²) in [4.78, 5) is 16.9. The van der Waals surface area contributed by atoms with Crippen LogP contribution < -0.4 is 0 Å². The third-order valence-electron chi connectivity index (χ3n) is 3.56. The number of carbonyl (C=O) groups is 1. The average molecular weight is 312 g/mol. The molecule has 1 amide bonds. The van der Waals surface area contributed by atoms with Crippen molar-refractivity contribution in [2.45, 2.75) is 25.8 Å². The Morgan fingerprint density at radius 2 is 2.20 bits per heavy atom. The van der Waals surface area contributed by atoms with Gasteiger partial charge in [0.15, 0.2) is 0 Å². The zero-order valence-electron chi connectivity index (χ0n) is 11.5. The van der Waals surface area contributed by atoms with Gasteiger partial charge in [-0.2, -0.15) is 5.26 Å². The standard InChI is InChI=1S/C14H18ClN3OS/c1-2-3-11(10-16)17-5-7-18(8-6-17)14(19)13-12(15)4-9-20-13/h4,9,11H,2-3,5-8H2,1H3. The molecule has 1 atom stereocenters. The molecular formula is C14H18ClN3OS. The number of hydrogen-bond acceptors (Lipinski definition) is 4. The van der Waals surface area contributed by atoms with Crippen LogP contribution in [0.3, 0.4) is 0 Å². The number of halogens is 1. The molecule has 0 N–H and O–H groups in total. The maximum Gasteiger partial charge on any atom is 0.265 e. The molecule has 4 nitrogen and oxygen atoms in total. The van der Waals surface area contributed by atoms with Crippen LogP contribution in [0.1, 0.15) is 29.4 Å². The number of rotatable bonds is 4. The van der Waals surface area contributed by atoms with Gasteiger partial charge in [0, 0.05) is 26.2 Å². The Morgan fingerprint density at radius 1 is 1.50 bits per heavy atom. The van der Waals surface area contributed by atoms with Crippen LogP contribution in [0.4, 0.5) is 0 Å². The number of hydrogen-bond donors (Lipinski definition) is 0. The summed E-state index contributed by atoms with van der Waals surface area (Å²) in [5.41, 5.74) is 0. The third kappa shape index (κ3) is 3.32. The van der Waals surface area contributed by atoms with E-state index in [1.807, 2.05) is 10.3 Å². The molecule has 1 fully saturated rings. The van der Waals surface area contributed by atoms with E-state index in [1.54, 1.807) is 6.07 Å². The molecule has 1 aliphatic rings. The van der Waals surface area contributed by atoms with Crippen molar-refractivity contribution in [3.8, 4) is 6.07 Å². The summed E-state index contributed by atoms with van der Waals surface area (Å²) in [5.74, 6) is 0.00801. The van der Waals surface area contributed by atoms with E-state index >= 15 is 0 Å². The van der Waals surface area contributed by atoms with Crippen molar-refractivity contribution in [2.24, 2.45) is 0 Å². The van der Waals surface area contributed by atoms with Crippen LogP contribution in [0, 0.1) is 11.3 Å². The molecule has 2 rings (SSSR count). The molecule has 1 saturated heterocycles. The topological polar surface area (TPSA) is 47.3 Å². The highest BCUT2D eigenvalue weighted by atomic mass is 35.5. The molecule has 0 aliphatic carbocycles. The van der Waals surface area contributed by atoms with Gasteiger partial charge in [0.25, 0.3) is 5.91 Å². The molecule has 0 radical (unpaired) electrons. The van der Waals surface area contributed by atoms with E-state index in [4.69, 9.17) is 11.6 Å². The molecule has 0 spiro atoms. The van der Waals surface area contributed by atoms with Gasteiger partial charge in [0.05, 0.1) is 17.1 Å². The van der Waals surface area contributed by atoms with Crippen molar-refractivity contribution in [1.29, 1.82) is 5.26 Å². The Balaban J connectivity index is 1.93. The summed E-state index contributed by atoms with van der Waals surface area (Å²) < 4.78 is 0. The molecule has 0 saturated carbocycles. The first-order chi connectivity index (χ1) is 9.67. The van der Waals surface area contributed by atoms with Crippen LogP contribution in [0.15, 0.2) is 11.4 Å². The fraction of sp³-hybridized carbons (Fsp3) is 0.571. The van der Waals surface area contributed by atoms with Crippen LogP contribution >= 0.6 is 22.9 Å². The molecular weight excluding hydrogens is 294 g/mol. The SMILES string of the molecule is CCCC(C#N)N1CCN(C(=O)c2sccc2Cl)CC1. The fourth-order valence-electron chi connectivity index (χ4n) is 2.43. The minimum absolute atomic E-state index is 0.00801. The average Bonchev–Trinajstić information content (AvgIpc) is 2.90. The van der Waals surface area contributed by atoms with E-state index in [1.165, 1.54) is 11.3 Å². The van der Waals surface area contributed by atoms with Crippen molar-refractivity contribution in [1.82, 2.24) is 9.80 Å². The quantitative estimate of drug-likeness (QED) is 0.859. The Hall–Kier alpha value is -1.09. The second-order valence-electron chi connectivity index (χ2n) is 4.86. The smallest absolute Gasteiger partial charge is 0.265 e. The fourth-order valence-corrected chi connectivity index (χ4v) is 3.53. The van der Waals surface area contributed by atoms with E-state index in [-0.39, 0.29) is 11.9 Å². The van der Waals surface area contributed by atoms with E-state index in [2.05, 4.69) is 17.9 Å². The van der Waals surface area contributed by atoms with Gasteiger partial charge in [-0.25, -0.2) is 0 Å². The van der Waals surface area contributed by atoms with Gasteiger partial charge < -0.3 is 4.90 Å². The van der Waals surface area contributed by atoms with Crippen LogP contribution in [0.2, 0.25) is 5.02 Å². The lowest BCUT2D eigenvalue weighted by atomic mass is 10.1. The minimum atomic E-state index is -0.0254. The van der Waals surface area contributed by atoms with E-state index in [0.717, 1.165) is 25.9 Å².